The van der Waals surface area contributed by atoms with Crippen molar-refractivity contribution < 1.29 is 37.8 Å². The largest absolute Gasteiger partial charge is 0.490 e. The number of hydrogen-bond acceptors (Lipinski definition) is 4. The molecule has 1 aromatic rings. The molecule has 1 aromatic carbocycles. The van der Waals surface area contributed by atoms with Crippen LogP contribution in [0.5, 0.6) is 0 Å². The number of carbonyl (C=O) groups excluding carboxylic acids is 1. The van der Waals surface area contributed by atoms with E-state index in [4.69, 9.17) is 38.2 Å². The molecule has 1 atom stereocenters. The average molecular weight is 445 g/mol. The SMILES string of the molecule is O=C(O)C(F)(F)F.O=C(O)CN(C(=O)Cc1c(Cl)cccc1Cl)C1CCNC1. The lowest BCUT2D eigenvalue weighted by Gasteiger charge is -2.27. The Morgan fingerprint density at radius 3 is 2.11 bits per heavy atom. The van der Waals surface area contributed by atoms with E-state index in [0.717, 1.165) is 13.0 Å². The molecule has 0 radical (unpaired) electrons. The van der Waals surface area contributed by atoms with Gasteiger partial charge in [0, 0.05) is 22.6 Å². The maximum Gasteiger partial charge on any atom is 0.490 e. The monoisotopic (exact) mass is 444 g/mol. The first-order chi connectivity index (χ1) is 12.9. The fourth-order valence-electron chi connectivity index (χ4n) is 2.43. The first-order valence-corrected chi connectivity index (χ1v) is 8.64. The van der Waals surface area contributed by atoms with Gasteiger partial charge >= 0.3 is 18.1 Å². The summed E-state index contributed by atoms with van der Waals surface area (Å²) in [6.45, 7) is 1.07. The van der Waals surface area contributed by atoms with Gasteiger partial charge in [0.25, 0.3) is 0 Å². The number of aliphatic carboxylic acids is 2. The lowest BCUT2D eigenvalue weighted by Crippen LogP contribution is -2.45. The van der Waals surface area contributed by atoms with Gasteiger partial charge in [-0.1, -0.05) is 29.3 Å². The molecule has 1 amide bonds. The fourth-order valence-corrected chi connectivity index (χ4v) is 2.96. The summed E-state index contributed by atoms with van der Waals surface area (Å²) in [7, 11) is 0. The van der Waals surface area contributed by atoms with E-state index in [1.807, 2.05) is 0 Å². The summed E-state index contributed by atoms with van der Waals surface area (Å²) >= 11 is 12.1. The molecule has 3 N–H and O–H groups in total. The number of nitrogens with zero attached hydrogens (tertiary/aromatic N) is 1. The minimum Gasteiger partial charge on any atom is -0.480 e. The van der Waals surface area contributed by atoms with Crippen LogP contribution < -0.4 is 5.32 Å². The van der Waals surface area contributed by atoms with Crippen molar-refractivity contribution in [1.29, 1.82) is 0 Å². The van der Waals surface area contributed by atoms with E-state index in [0.29, 0.717) is 22.2 Å². The van der Waals surface area contributed by atoms with Gasteiger partial charge in [-0.15, -0.1) is 0 Å². The highest BCUT2D eigenvalue weighted by Crippen LogP contribution is 2.25. The maximum atomic E-state index is 12.5. The molecule has 0 spiro atoms. The third-order valence-electron chi connectivity index (χ3n) is 3.73. The number of carbonyl (C=O) groups is 3. The van der Waals surface area contributed by atoms with Gasteiger partial charge < -0.3 is 20.4 Å². The second-order valence-corrected chi connectivity index (χ2v) is 6.56. The maximum absolute atomic E-state index is 12.5. The van der Waals surface area contributed by atoms with Gasteiger partial charge in [-0.2, -0.15) is 13.2 Å². The molecule has 0 aliphatic carbocycles. The van der Waals surface area contributed by atoms with Gasteiger partial charge in [-0.05, 0) is 30.7 Å². The van der Waals surface area contributed by atoms with E-state index < -0.39 is 18.1 Å². The number of carboxylic acid groups (broad SMARTS) is 2. The Labute approximate surface area is 168 Å². The van der Waals surface area contributed by atoms with Gasteiger partial charge in [0.15, 0.2) is 0 Å². The Morgan fingerprint density at radius 2 is 1.71 bits per heavy atom. The number of amides is 1. The zero-order valence-corrected chi connectivity index (χ0v) is 15.8. The van der Waals surface area contributed by atoms with Gasteiger partial charge in [0.1, 0.15) is 6.54 Å². The molecule has 1 aliphatic heterocycles. The number of carboxylic acids is 2. The highest BCUT2D eigenvalue weighted by molar-refractivity contribution is 6.36. The second kappa shape index (κ2) is 10.5. The number of rotatable bonds is 5. The van der Waals surface area contributed by atoms with Crippen LogP contribution in [0.2, 0.25) is 10.0 Å². The summed E-state index contributed by atoms with van der Waals surface area (Å²) in [5.74, 6) is -4.06. The number of benzene rings is 1. The van der Waals surface area contributed by atoms with Crippen LogP contribution in [0, 0.1) is 0 Å². The molecule has 0 bridgehead atoms. The Morgan fingerprint density at radius 1 is 1.18 bits per heavy atom. The van der Waals surface area contributed by atoms with Crippen molar-refractivity contribution in [2.45, 2.75) is 25.1 Å². The molecule has 1 saturated heterocycles. The van der Waals surface area contributed by atoms with Gasteiger partial charge in [0.2, 0.25) is 5.91 Å². The van der Waals surface area contributed by atoms with E-state index in [1.165, 1.54) is 4.90 Å². The molecule has 0 saturated carbocycles. The van der Waals surface area contributed by atoms with Gasteiger partial charge in [-0.25, -0.2) is 4.79 Å². The van der Waals surface area contributed by atoms with Crippen molar-refractivity contribution in [3.63, 3.8) is 0 Å². The molecular formula is C16H17Cl2F3N2O5. The minimum absolute atomic E-state index is 0.00227. The molecule has 1 heterocycles. The van der Waals surface area contributed by atoms with Crippen LogP contribution in [0.1, 0.15) is 12.0 Å². The Balaban J connectivity index is 0.000000480. The van der Waals surface area contributed by atoms with Crippen molar-refractivity contribution >= 4 is 41.0 Å². The molecule has 28 heavy (non-hydrogen) atoms. The summed E-state index contributed by atoms with van der Waals surface area (Å²) in [4.78, 5) is 33.7. The minimum atomic E-state index is -5.08. The van der Waals surface area contributed by atoms with Crippen molar-refractivity contribution in [3.8, 4) is 0 Å². The van der Waals surface area contributed by atoms with Gasteiger partial charge in [0.05, 0.1) is 6.42 Å². The Hall–Kier alpha value is -2.04. The van der Waals surface area contributed by atoms with E-state index in [9.17, 15) is 22.8 Å². The van der Waals surface area contributed by atoms with Crippen LogP contribution in [-0.2, 0) is 20.8 Å². The molecular weight excluding hydrogens is 428 g/mol. The lowest BCUT2D eigenvalue weighted by atomic mass is 10.1. The second-order valence-electron chi connectivity index (χ2n) is 5.74. The van der Waals surface area contributed by atoms with Crippen molar-refractivity contribution in [2.24, 2.45) is 0 Å². The van der Waals surface area contributed by atoms with Crippen LogP contribution in [-0.4, -0.2) is 64.8 Å². The number of alkyl halides is 3. The van der Waals surface area contributed by atoms with Crippen molar-refractivity contribution in [2.75, 3.05) is 19.6 Å². The Kier molecular flexibility index (Phi) is 8.99. The van der Waals surface area contributed by atoms with E-state index in [1.54, 1.807) is 18.2 Å². The molecule has 12 heteroatoms. The summed E-state index contributed by atoms with van der Waals surface area (Å²) < 4.78 is 31.7. The quantitative estimate of drug-likeness (QED) is 0.643. The van der Waals surface area contributed by atoms with Crippen LogP contribution >= 0.6 is 23.2 Å². The number of nitrogens with one attached hydrogen (secondary N) is 1. The standard InChI is InChI=1S/C14H16Cl2N2O3.C2HF3O2/c15-11-2-1-3-12(16)10(11)6-13(19)18(8-14(20)21)9-4-5-17-7-9;3-2(4,5)1(6)7/h1-3,9,17H,4-8H2,(H,20,21);(H,6,7). The molecule has 0 aromatic heterocycles. The molecule has 1 fully saturated rings. The topological polar surface area (TPSA) is 107 Å². The summed E-state index contributed by atoms with van der Waals surface area (Å²) in [6, 6.07) is 4.92. The van der Waals surface area contributed by atoms with Gasteiger partial charge in [-0.3, -0.25) is 9.59 Å². The smallest absolute Gasteiger partial charge is 0.480 e. The number of halogens is 5. The van der Waals surface area contributed by atoms with Crippen LogP contribution in [0.3, 0.4) is 0 Å². The van der Waals surface area contributed by atoms with Crippen LogP contribution in [0.15, 0.2) is 18.2 Å². The van der Waals surface area contributed by atoms with E-state index >= 15 is 0 Å². The fraction of sp³-hybridized carbons (Fsp3) is 0.438. The zero-order chi connectivity index (χ0) is 21.5. The van der Waals surface area contributed by atoms with E-state index in [2.05, 4.69) is 5.32 Å². The lowest BCUT2D eigenvalue weighted by molar-refractivity contribution is -0.192. The van der Waals surface area contributed by atoms with Crippen LogP contribution in [0.4, 0.5) is 13.2 Å². The molecule has 2 rings (SSSR count). The summed E-state index contributed by atoms with van der Waals surface area (Å²) in [5.41, 5.74) is 0.534. The first-order valence-electron chi connectivity index (χ1n) is 7.88. The third-order valence-corrected chi connectivity index (χ3v) is 4.44. The van der Waals surface area contributed by atoms with E-state index in [-0.39, 0.29) is 24.9 Å². The number of hydrogen-bond donors (Lipinski definition) is 3. The molecule has 1 aliphatic rings. The predicted molar refractivity (Wildman–Crippen MR) is 94.5 cm³/mol. The molecule has 1 unspecified atom stereocenters. The van der Waals surface area contributed by atoms with Crippen molar-refractivity contribution in [3.05, 3.63) is 33.8 Å². The summed E-state index contributed by atoms with van der Waals surface area (Å²) in [6.07, 6.45) is -4.34. The first kappa shape index (κ1) is 24.0. The zero-order valence-electron chi connectivity index (χ0n) is 14.3. The van der Waals surface area contributed by atoms with Crippen molar-refractivity contribution in [1.82, 2.24) is 10.2 Å². The Bertz CT molecular complexity index is 704. The van der Waals surface area contributed by atoms with Crippen LogP contribution in [0.25, 0.3) is 0 Å². The highest BCUT2D eigenvalue weighted by Gasteiger charge is 2.38. The average Bonchev–Trinajstić information content (AvgIpc) is 3.09. The highest BCUT2D eigenvalue weighted by atomic mass is 35.5. The third kappa shape index (κ3) is 7.53. The molecule has 7 nitrogen and oxygen atoms in total. The normalized spacial score (nSPS) is 16.1. The summed E-state index contributed by atoms with van der Waals surface area (Å²) in [5, 5.41) is 20.1. The predicted octanol–water partition coefficient (Wildman–Crippen LogP) is 2.44. The molecule has 156 valence electrons.